The highest BCUT2D eigenvalue weighted by Gasteiger charge is 2.30. The van der Waals surface area contributed by atoms with Crippen molar-refractivity contribution in [3.63, 3.8) is 0 Å². The van der Waals surface area contributed by atoms with E-state index in [-0.39, 0.29) is 10.7 Å². The van der Waals surface area contributed by atoms with Crippen molar-refractivity contribution in [1.82, 2.24) is 4.90 Å². The molecule has 4 heteroatoms. The summed E-state index contributed by atoms with van der Waals surface area (Å²) in [5.41, 5.74) is 2.98. The SMILES string of the molecule is CNc1ccc(C(=O)N2CCSC(C)(C)C2)cc1C. The van der Waals surface area contributed by atoms with Gasteiger partial charge in [-0.3, -0.25) is 4.79 Å². The summed E-state index contributed by atoms with van der Waals surface area (Å²) < 4.78 is 0.161. The minimum Gasteiger partial charge on any atom is -0.388 e. The maximum absolute atomic E-state index is 12.5. The number of anilines is 1. The van der Waals surface area contributed by atoms with Gasteiger partial charge in [-0.1, -0.05) is 0 Å². The number of rotatable bonds is 2. The molecule has 0 atom stereocenters. The first kappa shape index (κ1) is 14.3. The van der Waals surface area contributed by atoms with Gasteiger partial charge in [0.2, 0.25) is 0 Å². The van der Waals surface area contributed by atoms with Crippen LogP contribution in [0.25, 0.3) is 0 Å². The van der Waals surface area contributed by atoms with E-state index in [9.17, 15) is 4.79 Å². The Morgan fingerprint density at radius 2 is 2.16 bits per heavy atom. The van der Waals surface area contributed by atoms with Crippen LogP contribution in [0.5, 0.6) is 0 Å². The zero-order valence-corrected chi connectivity index (χ0v) is 12.9. The molecule has 1 aliphatic heterocycles. The van der Waals surface area contributed by atoms with Crippen molar-refractivity contribution in [3.8, 4) is 0 Å². The van der Waals surface area contributed by atoms with Crippen LogP contribution >= 0.6 is 11.8 Å². The lowest BCUT2D eigenvalue weighted by Crippen LogP contribution is -2.46. The Morgan fingerprint density at radius 3 is 2.74 bits per heavy atom. The molecule has 0 saturated carbocycles. The number of amides is 1. The van der Waals surface area contributed by atoms with Gasteiger partial charge < -0.3 is 10.2 Å². The van der Waals surface area contributed by atoms with Crippen molar-refractivity contribution in [3.05, 3.63) is 29.3 Å². The molecule has 104 valence electrons. The van der Waals surface area contributed by atoms with E-state index < -0.39 is 0 Å². The molecule has 0 spiro atoms. The fraction of sp³-hybridized carbons (Fsp3) is 0.533. The molecule has 1 aromatic rings. The lowest BCUT2D eigenvalue weighted by molar-refractivity contribution is 0.0748. The van der Waals surface area contributed by atoms with Crippen molar-refractivity contribution in [1.29, 1.82) is 0 Å². The van der Waals surface area contributed by atoms with E-state index in [4.69, 9.17) is 0 Å². The van der Waals surface area contributed by atoms with Crippen LogP contribution in [0, 0.1) is 6.92 Å². The molecule has 1 heterocycles. The minimum atomic E-state index is 0.152. The van der Waals surface area contributed by atoms with Crippen molar-refractivity contribution in [2.24, 2.45) is 0 Å². The summed E-state index contributed by atoms with van der Waals surface area (Å²) in [6.45, 7) is 8.10. The van der Waals surface area contributed by atoms with Gasteiger partial charge in [0.25, 0.3) is 5.91 Å². The highest BCUT2D eigenvalue weighted by molar-refractivity contribution is 8.00. The second-order valence-electron chi connectivity index (χ2n) is 5.61. The van der Waals surface area contributed by atoms with Crippen LogP contribution < -0.4 is 5.32 Å². The molecular weight excluding hydrogens is 256 g/mol. The number of carbonyl (C=O) groups is 1. The maximum atomic E-state index is 12.5. The van der Waals surface area contributed by atoms with Gasteiger partial charge in [-0.15, -0.1) is 0 Å². The molecule has 1 saturated heterocycles. The normalized spacial score (nSPS) is 18.2. The monoisotopic (exact) mass is 278 g/mol. The van der Waals surface area contributed by atoms with Crippen LogP contribution in [-0.2, 0) is 0 Å². The number of hydrogen-bond acceptors (Lipinski definition) is 3. The summed E-state index contributed by atoms with van der Waals surface area (Å²) in [4.78, 5) is 14.5. The molecule has 1 aromatic carbocycles. The number of aryl methyl sites for hydroxylation is 1. The Balaban J connectivity index is 2.17. The van der Waals surface area contributed by atoms with E-state index in [1.807, 2.05) is 48.8 Å². The van der Waals surface area contributed by atoms with Crippen molar-refractivity contribution in [2.45, 2.75) is 25.5 Å². The van der Waals surface area contributed by atoms with Gasteiger partial charge in [-0.25, -0.2) is 0 Å². The lowest BCUT2D eigenvalue weighted by Gasteiger charge is -2.37. The summed E-state index contributed by atoms with van der Waals surface area (Å²) >= 11 is 1.94. The van der Waals surface area contributed by atoms with Crippen LogP contribution in [0.15, 0.2) is 18.2 Å². The molecule has 3 nitrogen and oxygen atoms in total. The van der Waals surface area contributed by atoms with Gasteiger partial charge in [-0.05, 0) is 44.5 Å². The number of nitrogens with one attached hydrogen (secondary N) is 1. The van der Waals surface area contributed by atoms with E-state index in [0.29, 0.717) is 0 Å². The first-order valence-corrected chi connectivity index (χ1v) is 7.63. The molecule has 1 N–H and O–H groups in total. The molecule has 19 heavy (non-hydrogen) atoms. The van der Waals surface area contributed by atoms with E-state index in [0.717, 1.165) is 35.7 Å². The number of carbonyl (C=O) groups excluding carboxylic acids is 1. The topological polar surface area (TPSA) is 32.3 Å². The summed E-state index contributed by atoms with van der Waals surface area (Å²) in [5.74, 6) is 1.17. The first-order chi connectivity index (χ1) is 8.93. The summed E-state index contributed by atoms with van der Waals surface area (Å²) in [6.07, 6.45) is 0. The smallest absolute Gasteiger partial charge is 0.253 e. The summed E-state index contributed by atoms with van der Waals surface area (Å²) in [6, 6.07) is 5.87. The van der Waals surface area contributed by atoms with E-state index in [1.165, 1.54) is 0 Å². The van der Waals surface area contributed by atoms with Gasteiger partial charge >= 0.3 is 0 Å². The van der Waals surface area contributed by atoms with Crippen LogP contribution in [0.3, 0.4) is 0 Å². The van der Waals surface area contributed by atoms with Gasteiger partial charge in [-0.2, -0.15) is 11.8 Å². The number of benzene rings is 1. The van der Waals surface area contributed by atoms with Gasteiger partial charge in [0.05, 0.1) is 0 Å². The molecule has 0 unspecified atom stereocenters. The third kappa shape index (κ3) is 3.24. The third-order valence-electron chi connectivity index (χ3n) is 3.46. The molecule has 1 aliphatic rings. The number of hydrogen-bond donors (Lipinski definition) is 1. The summed E-state index contributed by atoms with van der Waals surface area (Å²) in [5, 5.41) is 3.13. The fourth-order valence-electron chi connectivity index (χ4n) is 2.45. The molecule has 0 aliphatic carbocycles. The number of nitrogens with zero attached hydrogens (tertiary/aromatic N) is 1. The second kappa shape index (κ2) is 5.45. The molecule has 0 bridgehead atoms. The molecule has 1 fully saturated rings. The Hall–Kier alpha value is -1.16. The van der Waals surface area contributed by atoms with Gasteiger partial charge in [0.1, 0.15) is 0 Å². The second-order valence-corrected chi connectivity index (χ2v) is 7.42. The zero-order chi connectivity index (χ0) is 14.0. The zero-order valence-electron chi connectivity index (χ0n) is 12.1. The fourth-order valence-corrected chi connectivity index (χ4v) is 3.56. The van der Waals surface area contributed by atoms with Crippen LogP contribution in [0.2, 0.25) is 0 Å². The molecular formula is C15H22N2OS. The average Bonchev–Trinajstić information content (AvgIpc) is 2.36. The Labute approximate surface area is 119 Å². The van der Waals surface area contributed by atoms with E-state index in [2.05, 4.69) is 19.2 Å². The Kier molecular flexibility index (Phi) is 4.09. The van der Waals surface area contributed by atoms with Crippen LogP contribution in [-0.4, -0.2) is 41.4 Å². The van der Waals surface area contributed by atoms with Crippen molar-refractivity contribution in [2.75, 3.05) is 31.2 Å². The maximum Gasteiger partial charge on any atom is 0.253 e. The van der Waals surface area contributed by atoms with Crippen LogP contribution in [0.1, 0.15) is 29.8 Å². The van der Waals surface area contributed by atoms with Gasteiger partial charge in [0, 0.05) is 41.9 Å². The van der Waals surface area contributed by atoms with Crippen molar-refractivity contribution < 1.29 is 4.79 Å². The van der Waals surface area contributed by atoms with E-state index in [1.54, 1.807) is 0 Å². The highest BCUT2D eigenvalue weighted by atomic mass is 32.2. The quantitative estimate of drug-likeness (QED) is 0.902. The predicted molar refractivity (Wildman–Crippen MR) is 83.2 cm³/mol. The molecule has 2 rings (SSSR count). The van der Waals surface area contributed by atoms with Crippen LogP contribution in [0.4, 0.5) is 5.69 Å². The van der Waals surface area contributed by atoms with Crippen molar-refractivity contribution >= 4 is 23.4 Å². The predicted octanol–water partition coefficient (Wildman–Crippen LogP) is 3.00. The highest BCUT2D eigenvalue weighted by Crippen LogP contribution is 2.30. The summed E-state index contributed by atoms with van der Waals surface area (Å²) in [7, 11) is 1.90. The molecule has 1 amide bonds. The minimum absolute atomic E-state index is 0.152. The lowest BCUT2D eigenvalue weighted by atomic mass is 10.1. The number of thioether (sulfide) groups is 1. The molecule has 0 aromatic heterocycles. The molecule has 0 radical (unpaired) electrons. The van der Waals surface area contributed by atoms with Gasteiger partial charge in [0.15, 0.2) is 0 Å². The standard InChI is InChI=1S/C15H22N2OS/c1-11-9-12(5-6-13(11)16-4)14(18)17-7-8-19-15(2,3)10-17/h5-6,9,16H,7-8,10H2,1-4H3. The first-order valence-electron chi connectivity index (χ1n) is 6.64. The van der Waals surface area contributed by atoms with E-state index >= 15 is 0 Å². The largest absolute Gasteiger partial charge is 0.388 e. The Bertz CT molecular complexity index is 485. The average molecular weight is 278 g/mol. The third-order valence-corrected chi connectivity index (χ3v) is 4.75. The Morgan fingerprint density at radius 1 is 1.42 bits per heavy atom.